The number of carbonyl (C=O) groups excluding carboxylic acids is 1. The Bertz CT molecular complexity index is 975. The van der Waals surface area contributed by atoms with E-state index >= 15 is 0 Å². The molecule has 0 spiro atoms. The van der Waals surface area contributed by atoms with Gasteiger partial charge in [-0.05, 0) is 35.9 Å². The Morgan fingerprint density at radius 2 is 1.73 bits per heavy atom. The Morgan fingerprint density at radius 1 is 1.04 bits per heavy atom. The quantitative estimate of drug-likeness (QED) is 0.663. The molecule has 4 rings (SSSR count). The van der Waals surface area contributed by atoms with E-state index in [4.69, 9.17) is 21.1 Å². The first-order valence-electron chi connectivity index (χ1n) is 8.34. The minimum Gasteiger partial charge on any atom is -0.493 e. The highest BCUT2D eigenvalue weighted by atomic mass is 35.5. The summed E-state index contributed by atoms with van der Waals surface area (Å²) in [6, 6.07) is 15.4. The summed E-state index contributed by atoms with van der Waals surface area (Å²) < 4.78 is 12.9. The van der Waals surface area contributed by atoms with Gasteiger partial charge in [0.1, 0.15) is 0 Å². The Hall–Kier alpha value is -2.72. The smallest absolute Gasteiger partial charge is 0.166 e. The molecule has 0 aliphatic carbocycles. The maximum atomic E-state index is 13.1. The fraction of sp³-hybridized carbons (Fsp3) is 0.190. The van der Waals surface area contributed by atoms with Gasteiger partial charge in [0.05, 0.1) is 19.9 Å². The van der Waals surface area contributed by atoms with Crippen molar-refractivity contribution in [3.8, 4) is 17.2 Å². The van der Waals surface area contributed by atoms with Gasteiger partial charge in [-0.1, -0.05) is 23.7 Å². The monoisotopic (exact) mass is 367 g/mol. The lowest BCUT2D eigenvalue weighted by Gasteiger charge is -2.17. The number of Topliss-reactive ketones (excluding diaryl/α,β-unsaturated/α-hetero) is 1. The molecule has 1 aliphatic heterocycles. The number of carbonyl (C=O) groups is 1. The minimum absolute atomic E-state index is 0.0424. The van der Waals surface area contributed by atoms with E-state index in [1.54, 1.807) is 20.3 Å². The third kappa shape index (κ3) is 2.67. The zero-order chi connectivity index (χ0) is 18.3. The molecule has 1 aliphatic rings. The van der Waals surface area contributed by atoms with Gasteiger partial charge in [-0.15, -0.1) is 0 Å². The normalized spacial score (nSPS) is 15.8. The van der Waals surface area contributed by atoms with Crippen LogP contribution in [0.4, 0.5) is 0 Å². The lowest BCUT2D eigenvalue weighted by atomic mass is 9.90. The zero-order valence-corrected chi connectivity index (χ0v) is 15.3. The van der Waals surface area contributed by atoms with Crippen molar-refractivity contribution in [3.05, 3.63) is 76.6 Å². The molecule has 5 heteroatoms. The molecule has 132 valence electrons. The number of methoxy groups -OCH3 is 2. The standard InChI is InChI=1S/C21H18ClNO3/c1-25-20-11-16-18(12-21(20)26-2)23-9-3-4-17(23)15(10-19(16)24)13-5-7-14(22)8-6-13/h3-9,11-12,15H,10H2,1-2H3. The third-order valence-electron chi connectivity index (χ3n) is 4.86. The van der Waals surface area contributed by atoms with E-state index in [1.165, 1.54) is 0 Å². The Balaban J connectivity index is 1.91. The number of fused-ring (bicyclic) bond motifs is 3. The molecule has 1 atom stereocenters. The summed E-state index contributed by atoms with van der Waals surface area (Å²) in [6.45, 7) is 0. The van der Waals surface area contributed by atoms with Crippen molar-refractivity contribution >= 4 is 17.4 Å². The Morgan fingerprint density at radius 3 is 2.42 bits per heavy atom. The maximum absolute atomic E-state index is 13.1. The molecule has 0 bridgehead atoms. The minimum atomic E-state index is -0.0424. The van der Waals surface area contributed by atoms with Crippen LogP contribution < -0.4 is 9.47 Å². The SMILES string of the molecule is COc1cc2c(cc1OC)-n1cccc1C(c1ccc(Cl)cc1)CC2=O. The van der Waals surface area contributed by atoms with Gasteiger partial charge in [-0.25, -0.2) is 0 Å². The lowest BCUT2D eigenvalue weighted by Crippen LogP contribution is -2.07. The van der Waals surface area contributed by atoms with Crippen LogP contribution in [0.5, 0.6) is 11.5 Å². The van der Waals surface area contributed by atoms with Crippen LogP contribution in [0.2, 0.25) is 5.02 Å². The van der Waals surface area contributed by atoms with Crippen molar-refractivity contribution in [3.63, 3.8) is 0 Å². The van der Waals surface area contributed by atoms with Gasteiger partial charge < -0.3 is 14.0 Å². The van der Waals surface area contributed by atoms with Crippen LogP contribution in [-0.4, -0.2) is 24.6 Å². The van der Waals surface area contributed by atoms with Gasteiger partial charge >= 0.3 is 0 Å². The highest BCUT2D eigenvalue weighted by molar-refractivity contribution is 6.30. The molecule has 4 nitrogen and oxygen atoms in total. The number of nitrogens with zero attached hydrogens (tertiary/aromatic N) is 1. The molecule has 0 N–H and O–H groups in total. The van der Waals surface area contributed by atoms with E-state index < -0.39 is 0 Å². The number of ketones is 1. The number of hydrogen-bond acceptors (Lipinski definition) is 3. The second-order valence-electron chi connectivity index (χ2n) is 6.26. The van der Waals surface area contributed by atoms with E-state index in [-0.39, 0.29) is 11.7 Å². The van der Waals surface area contributed by atoms with Crippen molar-refractivity contribution in [2.24, 2.45) is 0 Å². The predicted octanol–water partition coefficient (Wildman–Crippen LogP) is 4.87. The zero-order valence-electron chi connectivity index (χ0n) is 14.5. The number of aromatic nitrogens is 1. The first-order valence-corrected chi connectivity index (χ1v) is 8.72. The number of hydrogen-bond donors (Lipinski definition) is 0. The molecule has 2 heterocycles. The number of rotatable bonds is 3. The van der Waals surface area contributed by atoms with Crippen LogP contribution in [0.25, 0.3) is 5.69 Å². The average molecular weight is 368 g/mol. The summed E-state index contributed by atoms with van der Waals surface area (Å²) >= 11 is 6.03. The summed E-state index contributed by atoms with van der Waals surface area (Å²) in [5, 5.41) is 0.682. The van der Waals surface area contributed by atoms with E-state index in [1.807, 2.05) is 42.6 Å². The predicted molar refractivity (Wildman–Crippen MR) is 101 cm³/mol. The second kappa shape index (κ2) is 6.54. The summed E-state index contributed by atoms with van der Waals surface area (Å²) in [5.41, 5.74) is 3.57. The molecule has 0 saturated heterocycles. The van der Waals surface area contributed by atoms with Crippen molar-refractivity contribution in [1.29, 1.82) is 0 Å². The first kappa shape index (κ1) is 16.7. The molecule has 2 aromatic carbocycles. The topological polar surface area (TPSA) is 40.5 Å². The first-order chi connectivity index (χ1) is 12.6. The summed E-state index contributed by atoms with van der Waals surface area (Å²) in [4.78, 5) is 13.1. The summed E-state index contributed by atoms with van der Waals surface area (Å²) in [6.07, 6.45) is 2.36. The van der Waals surface area contributed by atoms with Crippen LogP contribution in [0.3, 0.4) is 0 Å². The van der Waals surface area contributed by atoms with E-state index in [0.29, 0.717) is 28.5 Å². The van der Waals surface area contributed by atoms with Gasteiger partial charge in [-0.3, -0.25) is 4.79 Å². The van der Waals surface area contributed by atoms with Crippen molar-refractivity contribution in [2.45, 2.75) is 12.3 Å². The van der Waals surface area contributed by atoms with Gasteiger partial charge in [0.2, 0.25) is 0 Å². The molecular weight excluding hydrogens is 350 g/mol. The molecule has 3 aromatic rings. The van der Waals surface area contributed by atoms with Crippen LogP contribution in [0.1, 0.15) is 34.0 Å². The van der Waals surface area contributed by atoms with E-state index in [9.17, 15) is 4.79 Å². The molecule has 0 amide bonds. The van der Waals surface area contributed by atoms with Crippen LogP contribution in [0.15, 0.2) is 54.7 Å². The fourth-order valence-corrected chi connectivity index (χ4v) is 3.70. The lowest BCUT2D eigenvalue weighted by molar-refractivity contribution is 0.0979. The van der Waals surface area contributed by atoms with Gasteiger partial charge in [0.25, 0.3) is 0 Å². The average Bonchev–Trinajstić information content (AvgIpc) is 3.11. The largest absolute Gasteiger partial charge is 0.493 e. The van der Waals surface area contributed by atoms with Gasteiger partial charge in [0.15, 0.2) is 17.3 Å². The van der Waals surface area contributed by atoms with Crippen LogP contribution >= 0.6 is 11.6 Å². The Kier molecular flexibility index (Phi) is 4.21. The molecule has 0 radical (unpaired) electrons. The Labute approximate surface area is 156 Å². The number of benzene rings is 2. The highest BCUT2D eigenvalue weighted by Gasteiger charge is 2.29. The van der Waals surface area contributed by atoms with Crippen LogP contribution in [0, 0.1) is 0 Å². The van der Waals surface area contributed by atoms with Crippen molar-refractivity contribution in [2.75, 3.05) is 14.2 Å². The summed E-state index contributed by atoms with van der Waals surface area (Å²) in [5.74, 6) is 1.19. The van der Waals surface area contributed by atoms with Gasteiger partial charge in [-0.2, -0.15) is 0 Å². The molecular formula is C21H18ClNO3. The molecule has 26 heavy (non-hydrogen) atoms. The van der Waals surface area contributed by atoms with Gasteiger partial charge in [0, 0.05) is 40.9 Å². The van der Waals surface area contributed by atoms with E-state index in [0.717, 1.165) is 16.9 Å². The number of ether oxygens (including phenoxy) is 2. The fourth-order valence-electron chi connectivity index (χ4n) is 3.57. The molecule has 0 fully saturated rings. The molecule has 1 aromatic heterocycles. The van der Waals surface area contributed by atoms with Crippen LogP contribution in [-0.2, 0) is 0 Å². The van der Waals surface area contributed by atoms with Crippen molar-refractivity contribution in [1.82, 2.24) is 4.57 Å². The van der Waals surface area contributed by atoms with Crippen molar-refractivity contribution < 1.29 is 14.3 Å². The highest BCUT2D eigenvalue weighted by Crippen LogP contribution is 2.40. The van der Waals surface area contributed by atoms with E-state index in [2.05, 4.69) is 10.6 Å². The third-order valence-corrected chi connectivity index (χ3v) is 5.11. The summed E-state index contributed by atoms with van der Waals surface area (Å²) in [7, 11) is 3.17. The molecule has 0 saturated carbocycles. The second-order valence-corrected chi connectivity index (χ2v) is 6.70. The maximum Gasteiger partial charge on any atom is 0.166 e. The molecule has 1 unspecified atom stereocenters. The number of halogens is 1.